The van der Waals surface area contributed by atoms with Gasteiger partial charge < -0.3 is 9.80 Å². The van der Waals surface area contributed by atoms with Crippen molar-refractivity contribution in [2.24, 2.45) is 5.41 Å². The van der Waals surface area contributed by atoms with Crippen LogP contribution in [0, 0.1) is 5.41 Å². The summed E-state index contributed by atoms with van der Waals surface area (Å²) in [5.74, 6) is 0.368. The van der Waals surface area contributed by atoms with Crippen LogP contribution in [0.1, 0.15) is 40.9 Å². The first-order valence-electron chi connectivity index (χ1n) is 9.65. The van der Waals surface area contributed by atoms with Crippen molar-refractivity contribution in [2.45, 2.75) is 32.1 Å². The highest BCUT2D eigenvalue weighted by atomic mass is 32.1. The van der Waals surface area contributed by atoms with Crippen LogP contribution in [-0.4, -0.2) is 52.8 Å². The molecule has 0 atom stereocenters. The zero-order valence-electron chi connectivity index (χ0n) is 15.5. The zero-order chi connectivity index (χ0) is 18.7. The van der Waals surface area contributed by atoms with Crippen LogP contribution >= 0.6 is 11.3 Å². The molecule has 2 aliphatic rings. The summed E-state index contributed by atoms with van der Waals surface area (Å²) in [7, 11) is 0. The number of carbonyl (C=O) groups excluding carboxylic acids is 2. The molecular formula is C21H25N3O2S. The van der Waals surface area contributed by atoms with E-state index in [2.05, 4.69) is 4.98 Å². The number of hydrogen-bond donors (Lipinski definition) is 0. The van der Waals surface area contributed by atoms with Crippen molar-refractivity contribution < 1.29 is 9.59 Å². The number of carbonyl (C=O) groups is 2. The van der Waals surface area contributed by atoms with Crippen molar-refractivity contribution in [2.75, 3.05) is 26.2 Å². The molecule has 2 aromatic rings. The molecular weight excluding hydrogens is 358 g/mol. The predicted molar refractivity (Wildman–Crippen MR) is 106 cm³/mol. The smallest absolute Gasteiger partial charge is 0.263 e. The average molecular weight is 384 g/mol. The summed E-state index contributed by atoms with van der Waals surface area (Å²) in [6, 6.07) is 7.67. The molecule has 2 aromatic heterocycles. The molecule has 1 spiro atoms. The van der Waals surface area contributed by atoms with Gasteiger partial charge in [-0.25, -0.2) is 0 Å². The molecule has 5 nitrogen and oxygen atoms in total. The van der Waals surface area contributed by atoms with Crippen LogP contribution in [0.25, 0.3) is 0 Å². The number of piperidine rings is 2. The lowest BCUT2D eigenvalue weighted by Gasteiger charge is -2.46. The largest absolute Gasteiger partial charge is 0.342 e. The molecule has 0 aliphatic carbocycles. The van der Waals surface area contributed by atoms with Crippen molar-refractivity contribution in [3.8, 4) is 0 Å². The number of amides is 2. The highest BCUT2D eigenvalue weighted by Gasteiger charge is 2.39. The molecule has 0 bridgehead atoms. The zero-order valence-corrected chi connectivity index (χ0v) is 16.3. The molecule has 142 valence electrons. The highest BCUT2D eigenvalue weighted by molar-refractivity contribution is 7.12. The van der Waals surface area contributed by atoms with Gasteiger partial charge in [-0.15, -0.1) is 11.3 Å². The number of nitrogens with zero attached hydrogens (tertiary/aromatic N) is 3. The summed E-state index contributed by atoms with van der Waals surface area (Å²) in [6.45, 7) is 3.33. The predicted octanol–water partition coefficient (Wildman–Crippen LogP) is 3.23. The molecule has 0 aromatic carbocycles. The van der Waals surface area contributed by atoms with Crippen molar-refractivity contribution in [1.82, 2.24) is 14.8 Å². The maximum absolute atomic E-state index is 12.6. The minimum absolute atomic E-state index is 0.170. The summed E-state index contributed by atoms with van der Waals surface area (Å²) in [5, 5.41) is 1.96. The molecule has 0 N–H and O–H groups in total. The Hall–Kier alpha value is -2.21. The summed E-state index contributed by atoms with van der Waals surface area (Å²) < 4.78 is 0. The van der Waals surface area contributed by atoms with Crippen molar-refractivity contribution in [3.63, 3.8) is 0 Å². The van der Waals surface area contributed by atoms with Crippen LogP contribution in [-0.2, 0) is 11.2 Å². The van der Waals surface area contributed by atoms with Crippen LogP contribution in [0.3, 0.4) is 0 Å². The van der Waals surface area contributed by atoms with Crippen molar-refractivity contribution in [3.05, 3.63) is 52.5 Å². The number of aromatic nitrogens is 1. The number of thiophene rings is 1. The Kier molecular flexibility index (Phi) is 5.25. The van der Waals surface area contributed by atoms with Crippen LogP contribution in [0.5, 0.6) is 0 Å². The van der Waals surface area contributed by atoms with Gasteiger partial charge in [-0.1, -0.05) is 12.1 Å². The molecule has 2 saturated heterocycles. The Balaban J connectivity index is 1.28. The fourth-order valence-corrected chi connectivity index (χ4v) is 4.95. The van der Waals surface area contributed by atoms with Gasteiger partial charge in [0.2, 0.25) is 5.91 Å². The Bertz CT molecular complexity index is 773. The van der Waals surface area contributed by atoms with E-state index in [0.717, 1.165) is 62.3 Å². The number of rotatable bonds is 3. The van der Waals surface area contributed by atoms with Gasteiger partial charge in [0.05, 0.1) is 11.3 Å². The Morgan fingerprint density at radius 1 is 1.00 bits per heavy atom. The van der Waals surface area contributed by atoms with Gasteiger partial charge in [0.1, 0.15) is 0 Å². The van der Waals surface area contributed by atoms with E-state index in [1.165, 1.54) is 11.3 Å². The lowest BCUT2D eigenvalue weighted by atomic mass is 9.71. The Labute approximate surface area is 164 Å². The first-order valence-corrected chi connectivity index (χ1v) is 10.5. The first kappa shape index (κ1) is 18.2. The summed E-state index contributed by atoms with van der Waals surface area (Å²) >= 11 is 1.52. The van der Waals surface area contributed by atoms with Gasteiger partial charge in [-0.3, -0.25) is 14.6 Å². The molecule has 2 amide bonds. The second-order valence-corrected chi connectivity index (χ2v) is 8.64. The number of pyridine rings is 1. The van der Waals surface area contributed by atoms with E-state index in [1.54, 1.807) is 12.4 Å². The van der Waals surface area contributed by atoms with Crippen LogP contribution in [0.2, 0.25) is 0 Å². The summed E-state index contributed by atoms with van der Waals surface area (Å²) in [4.78, 5) is 34.0. The standard InChI is InChI=1S/C21H25N3O2S/c25-19(15-17-3-1-9-22-16-17)23-10-5-21(6-11-23)7-12-24(13-8-21)20(26)18-4-2-14-27-18/h1-4,9,14,16H,5-8,10-13,15H2. The summed E-state index contributed by atoms with van der Waals surface area (Å²) in [6.07, 6.45) is 8.13. The van der Waals surface area contributed by atoms with E-state index in [9.17, 15) is 9.59 Å². The van der Waals surface area contributed by atoms with Crippen LogP contribution in [0.4, 0.5) is 0 Å². The van der Waals surface area contributed by atoms with Gasteiger partial charge in [0.25, 0.3) is 5.91 Å². The molecule has 0 radical (unpaired) electrons. The van der Waals surface area contributed by atoms with Gasteiger partial charge >= 0.3 is 0 Å². The van der Waals surface area contributed by atoms with E-state index in [1.807, 2.05) is 39.4 Å². The maximum atomic E-state index is 12.6. The van der Waals surface area contributed by atoms with E-state index < -0.39 is 0 Å². The van der Waals surface area contributed by atoms with Gasteiger partial charge in [-0.2, -0.15) is 0 Å². The molecule has 6 heteroatoms. The Morgan fingerprint density at radius 2 is 1.70 bits per heavy atom. The van der Waals surface area contributed by atoms with Gasteiger partial charge in [-0.05, 0) is 54.2 Å². The quantitative estimate of drug-likeness (QED) is 0.818. The highest BCUT2D eigenvalue weighted by Crippen LogP contribution is 2.41. The number of likely N-dealkylation sites (tertiary alicyclic amines) is 2. The minimum Gasteiger partial charge on any atom is -0.342 e. The fourth-order valence-electron chi connectivity index (χ4n) is 4.26. The molecule has 0 unspecified atom stereocenters. The SMILES string of the molecule is O=C(Cc1cccnc1)N1CCC2(CC1)CCN(C(=O)c1cccs1)CC2. The lowest BCUT2D eigenvalue weighted by molar-refractivity contribution is -0.133. The average Bonchev–Trinajstić information content (AvgIpc) is 3.24. The normalized spacial score (nSPS) is 19.3. The first-order chi connectivity index (χ1) is 13.2. The maximum Gasteiger partial charge on any atom is 0.263 e. The van der Waals surface area contributed by atoms with E-state index in [4.69, 9.17) is 0 Å². The van der Waals surface area contributed by atoms with Crippen LogP contribution < -0.4 is 0 Å². The number of hydrogen-bond acceptors (Lipinski definition) is 4. The van der Waals surface area contributed by atoms with Crippen molar-refractivity contribution in [1.29, 1.82) is 0 Å². The molecule has 2 fully saturated rings. The van der Waals surface area contributed by atoms with Gasteiger partial charge in [0, 0.05) is 38.6 Å². The van der Waals surface area contributed by atoms with E-state index in [0.29, 0.717) is 11.8 Å². The second kappa shape index (κ2) is 7.80. The Morgan fingerprint density at radius 3 is 2.30 bits per heavy atom. The van der Waals surface area contributed by atoms with Crippen LogP contribution in [0.15, 0.2) is 42.0 Å². The fraction of sp³-hybridized carbons (Fsp3) is 0.476. The third-order valence-electron chi connectivity index (χ3n) is 6.10. The third-order valence-corrected chi connectivity index (χ3v) is 6.96. The molecule has 2 aliphatic heterocycles. The monoisotopic (exact) mass is 383 g/mol. The second-order valence-electron chi connectivity index (χ2n) is 7.69. The van der Waals surface area contributed by atoms with Gasteiger partial charge in [0.15, 0.2) is 0 Å². The third kappa shape index (κ3) is 4.05. The lowest BCUT2D eigenvalue weighted by Crippen LogP contribution is -2.49. The topological polar surface area (TPSA) is 53.5 Å². The van der Waals surface area contributed by atoms with Crippen molar-refractivity contribution >= 4 is 23.2 Å². The van der Waals surface area contributed by atoms with E-state index in [-0.39, 0.29) is 11.8 Å². The molecule has 0 saturated carbocycles. The molecule has 27 heavy (non-hydrogen) atoms. The minimum atomic E-state index is 0.170. The molecule has 4 rings (SSSR count). The van der Waals surface area contributed by atoms with E-state index >= 15 is 0 Å². The molecule has 4 heterocycles. The summed E-state index contributed by atoms with van der Waals surface area (Å²) in [5.41, 5.74) is 1.28.